The molecule has 0 aliphatic rings. The highest BCUT2D eigenvalue weighted by Gasteiger charge is 2.17. The third kappa shape index (κ3) is 3.06. The molecule has 19 heavy (non-hydrogen) atoms. The van der Waals surface area contributed by atoms with Crippen LogP contribution in [-0.4, -0.2) is 22.4 Å². The lowest BCUT2D eigenvalue weighted by Gasteiger charge is -2.23. The molecule has 0 radical (unpaired) electrons. The second-order valence-corrected chi connectivity index (χ2v) is 4.72. The number of hydrogen-bond donors (Lipinski definition) is 0. The Balaban J connectivity index is 2.18. The Labute approximate surface area is 114 Å². The average Bonchev–Trinajstić information content (AvgIpc) is 2.91. The molecule has 0 saturated carbocycles. The van der Waals surface area contributed by atoms with Crippen LogP contribution in [0.2, 0.25) is 0 Å². The van der Waals surface area contributed by atoms with Gasteiger partial charge in [-0.1, -0.05) is 12.0 Å². The van der Waals surface area contributed by atoms with Crippen molar-refractivity contribution in [3.63, 3.8) is 0 Å². The standard InChI is InChI=1S/C13H11F2N3S/c1-3-11(18(2)13-16-8-17-19-13)6-9-4-5-10(14)7-12(9)15/h1,4-5,7-8,11H,6H2,2H3. The minimum atomic E-state index is -0.601. The number of terminal acetylenes is 1. The molecule has 1 aromatic heterocycles. The van der Waals surface area contributed by atoms with E-state index in [4.69, 9.17) is 6.42 Å². The van der Waals surface area contributed by atoms with Crippen molar-refractivity contribution in [3.05, 3.63) is 41.7 Å². The first-order valence-corrected chi connectivity index (χ1v) is 6.28. The van der Waals surface area contributed by atoms with Gasteiger partial charge in [0, 0.05) is 31.1 Å². The molecule has 98 valence electrons. The van der Waals surface area contributed by atoms with Crippen molar-refractivity contribution >= 4 is 16.7 Å². The highest BCUT2D eigenvalue weighted by molar-refractivity contribution is 7.09. The maximum atomic E-state index is 13.6. The van der Waals surface area contributed by atoms with Crippen LogP contribution < -0.4 is 4.90 Å². The normalized spacial score (nSPS) is 11.9. The van der Waals surface area contributed by atoms with Crippen LogP contribution in [0.15, 0.2) is 24.5 Å². The van der Waals surface area contributed by atoms with E-state index in [2.05, 4.69) is 15.3 Å². The van der Waals surface area contributed by atoms with Crippen molar-refractivity contribution in [2.75, 3.05) is 11.9 Å². The first-order chi connectivity index (χ1) is 9.11. The Bertz CT molecular complexity index is 592. The molecule has 3 nitrogen and oxygen atoms in total. The van der Waals surface area contributed by atoms with Gasteiger partial charge in [0.05, 0.1) is 6.04 Å². The van der Waals surface area contributed by atoms with E-state index in [0.29, 0.717) is 10.7 Å². The van der Waals surface area contributed by atoms with Crippen molar-refractivity contribution in [2.24, 2.45) is 0 Å². The molecule has 0 amide bonds. The van der Waals surface area contributed by atoms with Crippen LogP contribution in [0.5, 0.6) is 0 Å². The van der Waals surface area contributed by atoms with E-state index in [1.807, 2.05) is 0 Å². The molecule has 0 fully saturated rings. The number of aromatic nitrogens is 2. The highest BCUT2D eigenvalue weighted by atomic mass is 32.1. The molecule has 0 bridgehead atoms. The van der Waals surface area contributed by atoms with E-state index in [9.17, 15) is 8.78 Å². The molecule has 0 saturated heterocycles. The van der Waals surface area contributed by atoms with Crippen molar-refractivity contribution in [1.82, 2.24) is 9.36 Å². The summed E-state index contributed by atoms with van der Waals surface area (Å²) in [4.78, 5) is 5.80. The van der Waals surface area contributed by atoms with Crippen molar-refractivity contribution < 1.29 is 8.78 Å². The van der Waals surface area contributed by atoms with Crippen LogP contribution >= 0.6 is 11.5 Å². The summed E-state index contributed by atoms with van der Waals surface area (Å²) in [5, 5.41) is 0.658. The molecule has 2 rings (SSSR count). The Morgan fingerprint density at radius 3 is 2.84 bits per heavy atom. The van der Waals surface area contributed by atoms with Gasteiger partial charge in [0.15, 0.2) is 0 Å². The van der Waals surface area contributed by atoms with Crippen LogP contribution in [0.1, 0.15) is 5.56 Å². The minimum absolute atomic E-state index is 0.276. The monoisotopic (exact) mass is 279 g/mol. The lowest BCUT2D eigenvalue weighted by molar-refractivity contribution is 0.567. The second-order valence-electron chi connectivity index (χ2n) is 3.96. The van der Waals surface area contributed by atoms with E-state index < -0.39 is 11.6 Å². The Hall–Kier alpha value is -2.00. The highest BCUT2D eigenvalue weighted by Crippen LogP contribution is 2.19. The number of nitrogens with zero attached hydrogens (tertiary/aromatic N) is 3. The van der Waals surface area contributed by atoms with Gasteiger partial charge in [-0.15, -0.1) is 6.42 Å². The molecule has 1 atom stereocenters. The summed E-state index contributed by atoms with van der Waals surface area (Å²) in [6.07, 6.45) is 7.19. The van der Waals surface area contributed by atoms with Crippen molar-refractivity contribution in [2.45, 2.75) is 12.5 Å². The Kier molecular flexibility index (Phi) is 4.07. The molecule has 1 heterocycles. The number of likely N-dealkylation sites (N-methyl/N-ethyl adjacent to an activating group) is 1. The molecule has 2 aromatic rings. The van der Waals surface area contributed by atoms with Gasteiger partial charge in [-0.3, -0.25) is 0 Å². The summed E-state index contributed by atoms with van der Waals surface area (Å²) in [5.41, 5.74) is 0.376. The average molecular weight is 279 g/mol. The van der Waals surface area contributed by atoms with Gasteiger partial charge < -0.3 is 4.90 Å². The number of halogens is 2. The smallest absolute Gasteiger partial charge is 0.205 e. The second kappa shape index (κ2) is 5.76. The number of benzene rings is 1. The van der Waals surface area contributed by atoms with Crippen LogP contribution in [0.25, 0.3) is 0 Å². The maximum Gasteiger partial charge on any atom is 0.205 e. The molecular weight excluding hydrogens is 268 g/mol. The molecule has 1 unspecified atom stereocenters. The molecule has 0 spiro atoms. The zero-order valence-electron chi connectivity index (χ0n) is 10.2. The van der Waals surface area contributed by atoms with Crippen molar-refractivity contribution in [3.8, 4) is 12.3 Å². The molecule has 0 N–H and O–H groups in total. The van der Waals surface area contributed by atoms with Gasteiger partial charge in [-0.25, -0.2) is 13.8 Å². The fraction of sp³-hybridized carbons (Fsp3) is 0.231. The molecular formula is C13H11F2N3S. The van der Waals surface area contributed by atoms with E-state index in [0.717, 1.165) is 6.07 Å². The van der Waals surface area contributed by atoms with Gasteiger partial charge >= 0.3 is 0 Å². The predicted molar refractivity (Wildman–Crippen MR) is 71.0 cm³/mol. The summed E-state index contributed by atoms with van der Waals surface area (Å²) in [6.45, 7) is 0. The zero-order chi connectivity index (χ0) is 13.8. The van der Waals surface area contributed by atoms with E-state index in [-0.39, 0.29) is 12.5 Å². The van der Waals surface area contributed by atoms with Gasteiger partial charge in [0.1, 0.15) is 18.0 Å². The summed E-state index contributed by atoms with van der Waals surface area (Å²) >= 11 is 1.21. The lowest BCUT2D eigenvalue weighted by Crippen LogP contribution is -2.32. The first kappa shape index (κ1) is 13.4. The molecule has 6 heteroatoms. The Morgan fingerprint density at radius 2 is 2.26 bits per heavy atom. The minimum Gasteiger partial charge on any atom is -0.336 e. The Morgan fingerprint density at radius 1 is 1.47 bits per heavy atom. The zero-order valence-corrected chi connectivity index (χ0v) is 11.0. The number of hydrogen-bond acceptors (Lipinski definition) is 4. The summed E-state index contributed by atoms with van der Waals surface area (Å²) in [5.74, 6) is 1.39. The fourth-order valence-corrected chi connectivity index (χ4v) is 2.20. The fourth-order valence-electron chi connectivity index (χ4n) is 1.66. The SMILES string of the molecule is C#CC(Cc1ccc(F)cc1F)N(C)c1ncns1. The third-order valence-electron chi connectivity index (χ3n) is 2.74. The maximum absolute atomic E-state index is 13.6. The number of rotatable bonds is 4. The van der Waals surface area contributed by atoms with Crippen LogP contribution in [0.4, 0.5) is 13.9 Å². The predicted octanol–water partition coefficient (Wildman–Crippen LogP) is 2.50. The molecule has 0 aliphatic heterocycles. The molecule has 1 aromatic carbocycles. The van der Waals surface area contributed by atoms with Crippen LogP contribution in [-0.2, 0) is 6.42 Å². The van der Waals surface area contributed by atoms with Crippen molar-refractivity contribution in [1.29, 1.82) is 0 Å². The number of anilines is 1. The van der Waals surface area contributed by atoms with Gasteiger partial charge in [0.25, 0.3) is 0 Å². The summed E-state index contributed by atoms with van der Waals surface area (Å²) in [7, 11) is 1.77. The summed E-state index contributed by atoms with van der Waals surface area (Å²) < 4.78 is 30.3. The van der Waals surface area contributed by atoms with Gasteiger partial charge in [-0.2, -0.15) is 4.37 Å². The third-order valence-corrected chi connectivity index (χ3v) is 3.50. The largest absolute Gasteiger partial charge is 0.336 e. The van der Waals surface area contributed by atoms with Gasteiger partial charge in [0.2, 0.25) is 5.13 Å². The molecule has 0 aliphatic carbocycles. The first-order valence-electron chi connectivity index (χ1n) is 5.51. The van der Waals surface area contributed by atoms with E-state index in [1.54, 1.807) is 11.9 Å². The lowest BCUT2D eigenvalue weighted by atomic mass is 10.1. The summed E-state index contributed by atoms with van der Waals surface area (Å²) in [6, 6.07) is 3.11. The van der Waals surface area contributed by atoms with E-state index >= 15 is 0 Å². The topological polar surface area (TPSA) is 29.0 Å². The van der Waals surface area contributed by atoms with Crippen LogP contribution in [0, 0.1) is 24.0 Å². The van der Waals surface area contributed by atoms with Gasteiger partial charge in [-0.05, 0) is 11.6 Å². The van der Waals surface area contributed by atoms with E-state index in [1.165, 1.54) is 30.0 Å². The van der Waals surface area contributed by atoms with Crippen LogP contribution in [0.3, 0.4) is 0 Å². The quantitative estimate of drug-likeness (QED) is 0.805.